The number of rotatable bonds is 7. The van der Waals surface area contributed by atoms with E-state index in [1.807, 2.05) is 6.92 Å². The molecule has 142 valence electrons. The molecule has 2 rings (SSSR count). The molecule has 0 radical (unpaired) electrons. The minimum absolute atomic E-state index is 0. The molecule has 4 nitrogen and oxygen atoms in total. The van der Waals surface area contributed by atoms with Gasteiger partial charge in [-0.15, -0.1) is 12.4 Å². The first kappa shape index (κ1) is 21.6. The van der Waals surface area contributed by atoms with E-state index in [1.165, 1.54) is 12.5 Å². The summed E-state index contributed by atoms with van der Waals surface area (Å²) < 4.78 is 29.5. The van der Waals surface area contributed by atoms with Crippen LogP contribution in [0.1, 0.15) is 49.7 Å². The molecule has 7 heteroatoms. The van der Waals surface area contributed by atoms with Crippen LogP contribution in [-0.2, 0) is 11.3 Å². The summed E-state index contributed by atoms with van der Waals surface area (Å²) in [5, 5.41) is 2.83. The largest absolute Gasteiger partial charge is 0.434 e. The highest BCUT2D eigenvalue weighted by Gasteiger charge is 2.32. The Balaban J connectivity index is 0.00000312. The number of benzene rings is 1. The van der Waals surface area contributed by atoms with E-state index < -0.39 is 6.61 Å². The minimum atomic E-state index is -2.88. The summed E-state index contributed by atoms with van der Waals surface area (Å²) in [5.74, 6) is 0.00829. The lowest BCUT2D eigenvalue weighted by molar-refractivity contribution is -0.124. The third-order valence-corrected chi connectivity index (χ3v) is 4.79. The highest BCUT2D eigenvalue weighted by Crippen LogP contribution is 2.38. The SMILES string of the molecule is Cc1ccc(OC(F)F)c(CNC(=O)CC2(CN)CCCCC2)c1.Cl. The molecule has 1 saturated carbocycles. The van der Waals surface area contributed by atoms with Crippen molar-refractivity contribution in [1.82, 2.24) is 5.32 Å². The Labute approximate surface area is 153 Å². The zero-order chi connectivity index (χ0) is 17.6. The average Bonchev–Trinajstić information content (AvgIpc) is 2.55. The molecular weight excluding hydrogens is 350 g/mol. The Morgan fingerprint density at radius 2 is 2.00 bits per heavy atom. The number of nitrogens with two attached hydrogens (primary N) is 1. The van der Waals surface area contributed by atoms with Crippen molar-refractivity contribution < 1.29 is 18.3 Å². The lowest BCUT2D eigenvalue weighted by Gasteiger charge is -2.35. The molecule has 1 aromatic carbocycles. The van der Waals surface area contributed by atoms with Gasteiger partial charge in [-0.1, -0.05) is 37.0 Å². The van der Waals surface area contributed by atoms with E-state index in [-0.39, 0.29) is 36.0 Å². The number of amides is 1. The topological polar surface area (TPSA) is 64.3 Å². The van der Waals surface area contributed by atoms with Crippen molar-refractivity contribution in [2.75, 3.05) is 6.54 Å². The summed E-state index contributed by atoms with van der Waals surface area (Å²) in [6.07, 6.45) is 5.74. The minimum Gasteiger partial charge on any atom is -0.434 e. The lowest BCUT2D eigenvalue weighted by atomic mass is 9.71. The Morgan fingerprint density at radius 1 is 1.32 bits per heavy atom. The molecule has 0 spiro atoms. The fourth-order valence-corrected chi connectivity index (χ4v) is 3.41. The Morgan fingerprint density at radius 3 is 2.60 bits per heavy atom. The fourth-order valence-electron chi connectivity index (χ4n) is 3.41. The Hall–Kier alpha value is -1.40. The summed E-state index contributed by atoms with van der Waals surface area (Å²) >= 11 is 0. The van der Waals surface area contributed by atoms with Gasteiger partial charge in [-0.05, 0) is 37.8 Å². The van der Waals surface area contributed by atoms with Crippen LogP contribution in [0.4, 0.5) is 8.78 Å². The molecule has 1 aliphatic rings. The second kappa shape index (κ2) is 9.92. The van der Waals surface area contributed by atoms with Gasteiger partial charge in [0.25, 0.3) is 0 Å². The van der Waals surface area contributed by atoms with Crippen molar-refractivity contribution >= 4 is 18.3 Å². The van der Waals surface area contributed by atoms with E-state index in [0.717, 1.165) is 31.2 Å². The number of hydrogen-bond donors (Lipinski definition) is 2. The molecule has 1 aromatic rings. The molecule has 1 fully saturated rings. The molecule has 0 unspecified atom stereocenters. The maximum atomic E-state index is 12.5. The van der Waals surface area contributed by atoms with Crippen LogP contribution in [0.15, 0.2) is 18.2 Å². The summed E-state index contributed by atoms with van der Waals surface area (Å²) in [6.45, 7) is -0.346. The summed E-state index contributed by atoms with van der Waals surface area (Å²) in [7, 11) is 0. The summed E-state index contributed by atoms with van der Waals surface area (Å²) in [5.41, 5.74) is 7.27. The normalized spacial score (nSPS) is 16.2. The maximum absolute atomic E-state index is 12.5. The van der Waals surface area contributed by atoms with Gasteiger partial charge in [-0.2, -0.15) is 8.78 Å². The average molecular weight is 377 g/mol. The van der Waals surface area contributed by atoms with E-state index in [4.69, 9.17) is 5.73 Å². The van der Waals surface area contributed by atoms with Gasteiger partial charge < -0.3 is 15.8 Å². The molecule has 0 saturated heterocycles. The van der Waals surface area contributed by atoms with E-state index in [2.05, 4.69) is 10.1 Å². The molecule has 0 atom stereocenters. The van der Waals surface area contributed by atoms with Crippen molar-refractivity contribution in [3.05, 3.63) is 29.3 Å². The zero-order valence-corrected chi connectivity index (χ0v) is 15.3. The molecule has 0 bridgehead atoms. The standard InChI is InChI=1S/C18H26F2N2O2.ClH/c1-13-5-6-15(24-17(19)20)14(9-13)11-22-16(23)10-18(12-21)7-3-2-4-8-18;/h5-6,9,17H,2-4,7-8,10-12,21H2,1H3,(H,22,23);1H. The quantitative estimate of drug-likeness (QED) is 0.757. The van der Waals surface area contributed by atoms with Crippen molar-refractivity contribution in [3.8, 4) is 5.75 Å². The molecular formula is C18H27ClF2N2O2. The van der Waals surface area contributed by atoms with Gasteiger partial charge in [-0.25, -0.2) is 0 Å². The first-order valence-electron chi connectivity index (χ1n) is 8.45. The van der Waals surface area contributed by atoms with Crippen LogP contribution >= 0.6 is 12.4 Å². The fraction of sp³-hybridized carbons (Fsp3) is 0.611. The van der Waals surface area contributed by atoms with Crippen LogP contribution in [0.3, 0.4) is 0 Å². The number of alkyl halides is 2. The van der Waals surface area contributed by atoms with Crippen LogP contribution in [0.5, 0.6) is 5.75 Å². The van der Waals surface area contributed by atoms with Gasteiger partial charge in [0.05, 0.1) is 0 Å². The van der Waals surface area contributed by atoms with Crippen LogP contribution in [-0.4, -0.2) is 19.1 Å². The number of carbonyl (C=O) groups is 1. The van der Waals surface area contributed by atoms with Gasteiger partial charge >= 0.3 is 6.61 Å². The maximum Gasteiger partial charge on any atom is 0.387 e. The van der Waals surface area contributed by atoms with Gasteiger partial charge in [0.1, 0.15) is 5.75 Å². The van der Waals surface area contributed by atoms with Gasteiger partial charge in [-0.3, -0.25) is 4.79 Å². The Bertz CT molecular complexity index is 564. The molecule has 3 N–H and O–H groups in total. The number of carbonyl (C=O) groups excluding carboxylic acids is 1. The second-order valence-electron chi connectivity index (χ2n) is 6.71. The predicted octanol–water partition coefficient (Wildman–Crippen LogP) is 3.93. The van der Waals surface area contributed by atoms with E-state index in [0.29, 0.717) is 18.5 Å². The number of hydrogen-bond acceptors (Lipinski definition) is 3. The highest BCUT2D eigenvalue weighted by atomic mass is 35.5. The van der Waals surface area contributed by atoms with Crippen molar-refractivity contribution in [2.24, 2.45) is 11.1 Å². The van der Waals surface area contributed by atoms with Crippen molar-refractivity contribution in [2.45, 2.75) is 58.6 Å². The van der Waals surface area contributed by atoms with E-state index in [1.54, 1.807) is 12.1 Å². The van der Waals surface area contributed by atoms with Gasteiger partial charge in [0, 0.05) is 18.5 Å². The molecule has 1 amide bonds. The van der Waals surface area contributed by atoms with Gasteiger partial charge in [0.15, 0.2) is 0 Å². The first-order chi connectivity index (χ1) is 11.4. The third kappa shape index (κ3) is 6.44. The number of nitrogens with one attached hydrogen (secondary N) is 1. The van der Waals surface area contributed by atoms with Gasteiger partial charge in [0.2, 0.25) is 5.91 Å². The zero-order valence-electron chi connectivity index (χ0n) is 14.5. The van der Waals surface area contributed by atoms with Crippen molar-refractivity contribution in [1.29, 1.82) is 0 Å². The number of ether oxygens (including phenoxy) is 1. The van der Waals surface area contributed by atoms with Crippen LogP contribution in [0, 0.1) is 12.3 Å². The molecule has 0 heterocycles. The van der Waals surface area contributed by atoms with E-state index in [9.17, 15) is 13.6 Å². The Kier molecular flexibility index (Phi) is 8.59. The molecule has 0 aliphatic heterocycles. The third-order valence-electron chi connectivity index (χ3n) is 4.79. The van der Waals surface area contributed by atoms with Crippen LogP contribution in [0.2, 0.25) is 0 Å². The van der Waals surface area contributed by atoms with Crippen LogP contribution in [0.25, 0.3) is 0 Å². The summed E-state index contributed by atoms with van der Waals surface area (Å²) in [4.78, 5) is 12.3. The number of halogens is 3. The summed E-state index contributed by atoms with van der Waals surface area (Å²) in [6, 6.07) is 4.96. The highest BCUT2D eigenvalue weighted by molar-refractivity contribution is 5.85. The first-order valence-corrected chi connectivity index (χ1v) is 8.45. The number of aryl methyl sites for hydroxylation is 1. The second-order valence-corrected chi connectivity index (χ2v) is 6.71. The smallest absolute Gasteiger partial charge is 0.387 e. The van der Waals surface area contributed by atoms with E-state index >= 15 is 0 Å². The lowest BCUT2D eigenvalue weighted by Crippen LogP contribution is -2.38. The monoisotopic (exact) mass is 376 g/mol. The van der Waals surface area contributed by atoms with Crippen molar-refractivity contribution in [3.63, 3.8) is 0 Å². The van der Waals surface area contributed by atoms with Crippen LogP contribution < -0.4 is 15.8 Å². The molecule has 0 aromatic heterocycles. The predicted molar refractivity (Wildman–Crippen MR) is 96.1 cm³/mol. The molecule has 25 heavy (non-hydrogen) atoms. The molecule has 1 aliphatic carbocycles.